The van der Waals surface area contributed by atoms with E-state index in [1.54, 1.807) is 30.5 Å². The molecule has 1 heterocycles. The van der Waals surface area contributed by atoms with Crippen LogP contribution in [0.1, 0.15) is 15.9 Å². The van der Waals surface area contributed by atoms with E-state index in [1.807, 2.05) is 13.0 Å². The van der Waals surface area contributed by atoms with Gasteiger partial charge in [-0.15, -0.1) is 0 Å². The summed E-state index contributed by atoms with van der Waals surface area (Å²) in [5.74, 6) is -0.357. The molecular weight excluding hydrogens is 335 g/mol. The monoisotopic (exact) mass is 346 g/mol. The van der Waals surface area contributed by atoms with Crippen LogP contribution in [-0.2, 0) is 0 Å². The smallest absolute Gasteiger partial charge is 0.257 e. The summed E-state index contributed by atoms with van der Waals surface area (Å²) in [6, 6.07) is 10.2. The number of nitrogens with one attached hydrogen (secondary N) is 2. The molecule has 0 aliphatic heterocycles. The van der Waals surface area contributed by atoms with Gasteiger partial charge in [-0.1, -0.05) is 35.3 Å². The molecule has 4 nitrogen and oxygen atoms in total. The molecule has 116 valence electrons. The van der Waals surface area contributed by atoms with Gasteiger partial charge in [-0.25, -0.2) is 0 Å². The van der Waals surface area contributed by atoms with Gasteiger partial charge in [-0.05, 0) is 42.1 Å². The first-order valence-electron chi connectivity index (χ1n) is 6.85. The lowest BCUT2D eigenvalue weighted by Gasteiger charge is -2.10. The number of anilines is 1. The van der Waals surface area contributed by atoms with E-state index in [2.05, 4.69) is 10.3 Å². The molecule has 6 heteroatoms. The van der Waals surface area contributed by atoms with Gasteiger partial charge in [0.1, 0.15) is 0 Å². The highest BCUT2D eigenvalue weighted by atomic mass is 35.5. The van der Waals surface area contributed by atoms with Gasteiger partial charge in [-0.3, -0.25) is 9.59 Å². The number of aryl methyl sites for hydroxylation is 1. The highest BCUT2D eigenvalue weighted by Crippen LogP contribution is 2.28. The summed E-state index contributed by atoms with van der Waals surface area (Å²) in [4.78, 5) is 26.8. The first kappa shape index (κ1) is 15.6. The zero-order valence-electron chi connectivity index (χ0n) is 12.1. The minimum atomic E-state index is -0.357. The van der Waals surface area contributed by atoms with E-state index in [0.29, 0.717) is 27.0 Å². The van der Waals surface area contributed by atoms with Gasteiger partial charge in [0.25, 0.3) is 11.5 Å². The van der Waals surface area contributed by atoms with Crippen molar-refractivity contribution in [1.29, 1.82) is 0 Å². The molecule has 0 aliphatic carbocycles. The lowest BCUT2D eigenvalue weighted by molar-refractivity contribution is 0.102. The second-order valence-electron chi connectivity index (χ2n) is 5.12. The summed E-state index contributed by atoms with van der Waals surface area (Å²) in [6.07, 6.45) is 1.54. The van der Waals surface area contributed by atoms with E-state index in [-0.39, 0.29) is 16.5 Å². The quantitative estimate of drug-likeness (QED) is 0.722. The zero-order valence-corrected chi connectivity index (χ0v) is 13.6. The van der Waals surface area contributed by atoms with Crippen LogP contribution in [0.5, 0.6) is 0 Å². The standard InChI is InChI=1S/C17H12Cl2N2O2/c1-9-3-2-4-11(15(9)19)17(23)21-14-7-10-5-6-20-16(22)12(10)8-13(14)18/h2-8H,1H3,(H,20,22)(H,21,23). The van der Waals surface area contributed by atoms with Gasteiger partial charge in [0.05, 0.1) is 21.3 Å². The Balaban J connectivity index is 2.01. The molecule has 23 heavy (non-hydrogen) atoms. The minimum Gasteiger partial charge on any atom is -0.329 e. The molecule has 2 aromatic carbocycles. The fourth-order valence-corrected chi connectivity index (χ4v) is 2.74. The molecule has 0 radical (unpaired) electrons. The van der Waals surface area contributed by atoms with Gasteiger partial charge >= 0.3 is 0 Å². The molecule has 2 N–H and O–H groups in total. The van der Waals surface area contributed by atoms with E-state index >= 15 is 0 Å². The number of fused-ring (bicyclic) bond motifs is 1. The third kappa shape index (κ3) is 2.96. The van der Waals surface area contributed by atoms with Gasteiger partial charge in [0.15, 0.2) is 0 Å². The Bertz CT molecular complexity index is 980. The number of carbonyl (C=O) groups is 1. The number of aromatic amines is 1. The highest BCUT2D eigenvalue weighted by molar-refractivity contribution is 6.36. The molecule has 3 aromatic rings. The second-order valence-corrected chi connectivity index (χ2v) is 5.90. The average Bonchev–Trinajstić information content (AvgIpc) is 2.52. The molecule has 0 unspecified atom stereocenters. The van der Waals surface area contributed by atoms with Crippen LogP contribution in [0, 0.1) is 6.92 Å². The Hall–Kier alpha value is -2.30. The lowest BCUT2D eigenvalue weighted by Crippen LogP contribution is -2.13. The number of benzene rings is 2. The largest absolute Gasteiger partial charge is 0.329 e. The Morgan fingerprint density at radius 1 is 1.17 bits per heavy atom. The molecule has 0 bridgehead atoms. The summed E-state index contributed by atoms with van der Waals surface area (Å²) in [5.41, 5.74) is 1.38. The lowest BCUT2D eigenvalue weighted by atomic mass is 10.1. The maximum Gasteiger partial charge on any atom is 0.257 e. The predicted molar refractivity (Wildman–Crippen MR) is 93.7 cm³/mol. The third-order valence-corrected chi connectivity index (χ3v) is 4.36. The summed E-state index contributed by atoms with van der Waals surface area (Å²) >= 11 is 12.3. The molecule has 0 saturated heterocycles. The Labute approximate surface area is 142 Å². The summed E-state index contributed by atoms with van der Waals surface area (Å²) < 4.78 is 0. The van der Waals surface area contributed by atoms with Crippen LogP contribution < -0.4 is 10.9 Å². The van der Waals surface area contributed by atoms with E-state index in [9.17, 15) is 9.59 Å². The second kappa shape index (κ2) is 6.07. The number of H-pyrrole nitrogens is 1. The number of rotatable bonds is 2. The zero-order chi connectivity index (χ0) is 16.6. The van der Waals surface area contributed by atoms with E-state index in [1.165, 1.54) is 6.07 Å². The van der Waals surface area contributed by atoms with E-state index < -0.39 is 0 Å². The van der Waals surface area contributed by atoms with Crippen molar-refractivity contribution in [3.63, 3.8) is 0 Å². The highest BCUT2D eigenvalue weighted by Gasteiger charge is 2.14. The van der Waals surface area contributed by atoms with Crippen LogP contribution in [0.4, 0.5) is 5.69 Å². The fourth-order valence-electron chi connectivity index (χ4n) is 2.32. The third-order valence-electron chi connectivity index (χ3n) is 3.55. The predicted octanol–water partition coefficient (Wildman–Crippen LogP) is 4.40. The SMILES string of the molecule is Cc1cccc(C(=O)Nc2cc3cc[nH]c(=O)c3cc2Cl)c1Cl. The molecule has 0 fully saturated rings. The van der Waals surface area contributed by atoms with E-state index in [4.69, 9.17) is 23.2 Å². The van der Waals surface area contributed by atoms with Crippen molar-refractivity contribution in [2.75, 3.05) is 5.32 Å². The number of hydrogen-bond acceptors (Lipinski definition) is 2. The molecule has 1 amide bonds. The van der Waals surface area contributed by atoms with Crippen molar-refractivity contribution >= 4 is 45.6 Å². The first-order chi connectivity index (χ1) is 11.0. The first-order valence-corrected chi connectivity index (χ1v) is 7.60. The Kier molecular flexibility index (Phi) is 4.11. The average molecular weight is 347 g/mol. The summed E-state index contributed by atoms with van der Waals surface area (Å²) in [5, 5.41) is 4.57. The van der Waals surface area contributed by atoms with Gasteiger partial charge in [0, 0.05) is 11.6 Å². The molecule has 0 spiro atoms. The number of carbonyl (C=O) groups excluding carboxylic acids is 1. The van der Waals surface area contributed by atoms with Crippen molar-refractivity contribution in [3.8, 4) is 0 Å². The van der Waals surface area contributed by atoms with Crippen molar-refractivity contribution in [1.82, 2.24) is 4.98 Å². The summed E-state index contributed by atoms with van der Waals surface area (Å²) in [6.45, 7) is 1.83. The van der Waals surface area contributed by atoms with Crippen LogP contribution in [0.2, 0.25) is 10.0 Å². The van der Waals surface area contributed by atoms with Crippen LogP contribution in [0.25, 0.3) is 10.8 Å². The van der Waals surface area contributed by atoms with Crippen LogP contribution >= 0.6 is 23.2 Å². The normalized spacial score (nSPS) is 10.7. The van der Waals surface area contributed by atoms with E-state index in [0.717, 1.165) is 5.56 Å². The van der Waals surface area contributed by atoms with Crippen molar-refractivity contribution in [2.45, 2.75) is 6.92 Å². The van der Waals surface area contributed by atoms with Crippen LogP contribution in [-0.4, -0.2) is 10.9 Å². The van der Waals surface area contributed by atoms with Crippen LogP contribution in [0.3, 0.4) is 0 Å². The summed E-state index contributed by atoms with van der Waals surface area (Å²) in [7, 11) is 0. The molecule has 3 rings (SSSR count). The van der Waals surface area contributed by atoms with Crippen molar-refractivity contribution < 1.29 is 4.79 Å². The molecule has 0 atom stereocenters. The van der Waals surface area contributed by atoms with Gasteiger partial charge < -0.3 is 10.3 Å². The maximum atomic E-state index is 12.4. The fraction of sp³-hybridized carbons (Fsp3) is 0.0588. The minimum absolute atomic E-state index is 0.232. The van der Waals surface area contributed by atoms with Crippen molar-refractivity contribution in [2.24, 2.45) is 0 Å². The number of aromatic nitrogens is 1. The number of amides is 1. The maximum absolute atomic E-state index is 12.4. The van der Waals surface area contributed by atoms with Crippen molar-refractivity contribution in [3.05, 3.63) is 74.1 Å². The van der Waals surface area contributed by atoms with Gasteiger partial charge in [-0.2, -0.15) is 0 Å². The van der Waals surface area contributed by atoms with Gasteiger partial charge in [0.2, 0.25) is 0 Å². The molecule has 1 aromatic heterocycles. The molecule has 0 saturated carbocycles. The molecule has 0 aliphatic rings. The Morgan fingerprint density at radius 3 is 2.74 bits per heavy atom. The number of hydrogen-bond donors (Lipinski definition) is 2. The van der Waals surface area contributed by atoms with Crippen LogP contribution in [0.15, 0.2) is 47.4 Å². The topological polar surface area (TPSA) is 62.0 Å². The number of pyridine rings is 1. The Morgan fingerprint density at radius 2 is 1.96 bits per heavy atom. The molecular formula is C17H12Cl2N2O2. The number of halogens is 2.